The highest BCUT2D eigenvalue weighted by molar-refractivity contribution is 7.99. The fraction of sp³-hybridized carbons (Fsp3) is 0.500. The van der Waals surface area contributed by atoms with Crippen LogP contribution in [-0.4, -0.2) is 38.6 Å². The second-order valence-electron chi connectivity index (χ2n) is 7.21. The number of hydrogen-bond acceptors (Lipinski definition) is 5. The van der Waals surface area contributed by atoms with E-state index in [2.05, 4.69) is 0 Å². The normalized spacial score (nSPS) is 18.4. The van der Waals surface area contributed by atoms with E-state index in [1.165, 1.54) is 23.1 Å². The minimum atomic E-state index is -0.194. The number of fused-ring (bicyclic) bond motifs is 1. The van der Waals surface area contributed by atoms with E-state index in [1.807, 2.05) is 24.3 Å². The molecule has 4 rings (SSSR count). The van der Waals surface area contributed by atoms with Crippen LogP contribution < -0.4 is 5.56 Å². The Morgan fingerprint density at radius 3 is 2.63 bits per heavy atom. The van der Waals surface area contributed by atoms with Gasteiger partial charge in [-0.15, -0.1) is 0 Å². The summed E-state index contributed by atoms with van der Waals surface area (Å²) in [5, 5.41) is 1.21. The number of thioether (sulfide) groups is 1. The van der Waals surface area contributed by atoms with E-state index in [0.29, 0.717) is 29.0 Å². The van der Waals surface area contributed by atoms with Crippen molar-refractivity contribution in [2.24, 2.45) is 0 Å². The topological polar surface area (TPSA) is 72.3 Å². The van der Waals surface area contributed by atoms with Gasteiger partial charge in [-0.05, 0) is 31.4 Å². The first kappa shape index (κ1) is 18.2. The third kappa shape index (κ3) is 3.65. The molecule has 0 atom stereocenters. The van der Waals surface area contributed by atoms with E-state index in [9.17, 15) is 14.4 Å². The molecule has 6 nitrogen and oxygen atoms in total. The van der Waals surface area contributed by atoms with Gasteiger partial charge in [-0.2, -0.15) is 0 Å². The Balaban J connectivity index is 1.66. The molecule has 0 spiro atoms. The molecule has 0 unspecified atom stereocenters. The van der Waals surface area contributed by atoms with Crippen LogP contribution in [0.15, 0.2) is 34.2 Å². The SMILES string of the molecule is O=C1CCCN1C(=O)CSc1nc2ccccc2c(=O)n1C1CCCCC1. The van der Waals surface area contributed by atoms with Gasteiger partial charge in [0.15, 0.2) is 5.16 Å². The Morgan fingerprint density at radius 2 is 1.89 bits per heavy atom. The number of benzene rings is 1. The molecule has 1 saturated carbocycles. The smallest absolute Gasteiger partial charge is 0.262 e. The summed E-state index contributed by atoms with van der Waals surface area (Å²) in [5.74, 6) is -0.166. The number of para-hydroxylation sites is 1. The molecule has 2 aliphatic rings. The van der Waals surface area contributed by atoms with Crippen molar-refractivity contribution in [3.05, 3.63) is 34.6 Å². The first-order chi connectivity index (χ1) is 13.1. The summed E-state index contributed by atoms with van der Waals surface area (Å²) in [6.07, 6.45) is 6.51. The highest BCUT2D eigenvalue weighted by Crippen LogP contribution is 2.31. The summed E-state index contributed by atoms with van der Waals surface area (Å²) >= 11 is 1.28. The van der Waals surface area contributed by atoms with Crippen molar-refractivity contribution in [3.63, 3.8) is 0 Å². The van der Waals surface area contributed by atoms with E-state index in [0.717, 1.165) is 32.1 Å². The van der Waals surface area contributed by atoms with Crippen LogP contribution in [0.1, 0.15) is 51.0 Å². The lowest BCUT2D eigenvalue weighted by molar-refractivity contribution is -0.140. The van der Waals surface area contributed by atoms with Crippen LogP contribution in [0.2, 0.25) is 0 Å². The predicted molar refractivity (Wildman–Crippen MR) is 105 cm³/mol. The molecule has 142 valence electrons. The van der Waals surface area contributed by atoms with Crippen molar-refractivity contribution in [3.8, 4) is 0 Å². The van der Waals surface area contributed by atoms with Crippen LogP contribution in [0.25, 0.3) is 10.9 Å². The van der Waals surface area contributed by atoms with Crippen LogP contribution in [0, 0.1) is 0 Å². The number of hydrogen-bond donors (Lipinski definition) is 0. The van der Waals surface area contributed by atoms with Crippen molar-refractivity contribution in [2.45, 2.75) is 56.1 Å². The van der Waals surface area contributed by atoms with Crippen LogP contribution >= 0.6 is 11.8 Å². The number of amides is 2. The second kappa shape index (κ2) is 7.84. The Morgan fingerprint density at radius 1 is 1.11 bits per heavy atom. The zero-order chi connectivity index (χ0) is 18.8. The molecule has 27 heavy (non-hydrogen) atoms. The molecular formula is C20H23N3O3S. The minimum Gasteiger partial charge on any atom is -0.284 e. The average molecular weight is 385 g/mol. The molecule has 1 saturated heterocycles. The lowest BCUT2D eigenvalue weighted by Gasteiger charge is -2.26. The first-order valence-electron chi connectivity index (χ1n) is 9.62. The molecule has 0 radical (unpaired) electrons. The number of aromatic nitrogens is 2. The van der Waals surface area contributed by atoms with Crippen LogP contribution in [0.3, 0.4) is 0 Å². The molecule has 7 heteroatoms. The molecule has 0 bridgehead atoms. The number of rotatable bonds is 4. The standard InChI is InChI=1S/C20H23N3O3S/c24-17-11-6-12-22(17)18(25)13-27-20-21-16-10-5-4-9-15(16)19(26)23(20)14-7-2-1-3-8-14/h4-5,9-10,14H,1-3,6-8,11-13H2. The number of imide groups is 1. The maximum atomic E-state index is 13.2. The van der Waals surface area contributed by atoms with Gasteiger partial charge in [0.1, 0.15) is 0 Å². The van der Waals surface area contributed by atoms with Crippen molar-refractivity contribution in [1.82, 2.24) is 14.5 Å². The molecule has 1 aromatic heterocycles. The molecule has 2 heterocycles. The lowest BCUT2D eigenvalue weighted by Crippen LogP contribution is -2.34. The summed E-state index contributed by atoms with van der Waals surface area (Å²) in [7, 11) is 0. The molecule has 2 amide bonds. The lowest BCUT2D eigenvalue weighted by atomic mass is 9.95. The quantitative estimate of drug-likeness (QED) is 0.597. The highest BCUT2D eigenvalue weighted by atomic mass is 32.2. The van der Waals surface area contributed by atoms with E-state index in [4.69, 9.17) is 4.98 Å². The Labute approximate surface area is 161 Å². The monoisotopic (exact) mass is 385 g/mol. The van der Waals surface area contributed by atoms with E-state index >= 15 is 0 Å². The predicted octanol–water partition coefficient (Wildman–Crippen LogP) is 3.14. The molecule has 1 aliphatic heterocycles. The van der Waals surface area contributed by atoms with Crippen LogP contribution in [0.4, 0.5) is 0 Å². The van der Waals surface area contributed by atoms with E-state index in [1.54, 1.807) is 4.57 Å². The maximum Gasteiger partial charge on any atom is 0.262 e. The van der Waals surface area contributed by atoms with Crippen molar-refractivity contribution in [1.29, 1.82) is 0 Å². The molecule has 2 aromatic rings. The summed E-state index contributed by atoms with van der Waals surface area (Å²) in [6, 6.07) is 7.49. The van der Waals surface area contributed by atoms with Gasteiger partial charge in [-0.3, -0.25) is 23.9 Å². The van der Waals surface area contributed by atoms with Crippen molar-refractivity contribution >= 4 is 34.5 Å². The Kier molecular flexibility index (Phi) is 5.29. The number of carbonyl (C=O) groups excluding carboxylic acids is 2. The van der Waals surface area contributed by atoms with Gasteiger partial charge in [-0.1, -0.05) is 43.2 Å². The molecular weight excluding hydrogens is 362 g/mol. The maximum absolute atomic E-state index is 13.2. The van der Waals surface area contributed by atoms with E-state index in [-0.39, 0.29) is 29.2 Å². The van der Waals surface area contributed by atoms with Gasteiger partial charge in [0.05, 0.1) is 16.7 Å². The first-order valence-corrected chi connectivity index (χ1v) is 10.6. The third-order valence-corrected chi connectivity index (χ3v) is 6.35. The average Bonchev–Trinajstić information content (AvgIpc) is 3.13. The number of nitrogens with zero attached hydrogens (tertiary/aromatic N) is 3. The van der Waals surface area contributed by atoms with Gasteiger partial charge < -0.3 is 0 Å². The zero-order valence-electron chi connectivity index (χ0n) is 15.2. The van der Waals surface area contributed by atoms with Crippen LogP contribution in [-0.2, 0) is 9.59 Å². The fourth-order valence-electron chi connectivity index (χ4n) is 4.00. The molecule has 2 fully saturated rings. The minimum absolute atomic E-state index is 0.0281. The molecule has 0 N–H and O–H groups in total. The fourth-order valence-corrected chi connectivity index (χ4v) is 4.95. The summed E-state index contributed by atoms with van der Waals surface area (Å²) in [6.45, 7) is 0.499. The van der Waals surface area contributed by atoms with Crippen molar-refractivity contribution < 1.29 is 9.59 Å². The van der Waals surface area contributed by atoms with Gasteiger partial charge in [0, 0.05) is 19.0 Å². The van der Waals surface area contributed by atoms with Gasteiger partial charge in [-0.25, -0.2) is 4.98 Å². The highest BCUT2D eigenvalue weighted by Gasteiger charge is 2.27. The van der Waals surface area contributed by atoms with Crippen LogP contribution in [0.5, 0.6) is 0 Å². The third-order valence-electron chi connectivity index (χ3n) is 5.41. The molecule has 1 aromatic carbocycles. The number of carbonyl (C=O) groups is 2. The van der Waals surface area contributed by atoms with Gasteiger partial charge in [0.2, 0.25) is 11.8 Å². The second-order valence-corrected chi connectivity index (χ2v) is 8.15. The Bertz CT molecular complexity index is 934. The van der Waals surface area contributed by atoms with Crippen molar-refractivity contribution in [2.75, 3.05) is 12.3 Å². The summed E-state index contributed by atoms with van der Waals surface area (Å²) < 4.78 is 1.80. The number of likely N-dealkylation sites (tertiary alicyclic amines) is 1. The zero-order valence-corrected chi connectivity index (χ0v) is 16.0. The summed E-state index contributed by atoms with van der Waals surface area (Å²) in [4.78, 5) is 43.4. The largest absolute Gasteiger partial charge is 0.284 e. The van der Waals surface area contributed by atoms with Gasteiger partial charge >= 0.3 is 0 Å². The molecule has 1 aliphatic carbocycles. The summed E-state index contributed by atoms with van der Waals surface area (Å²) in [5.41, 5.74) is 0.626. The van der Waals surface area contributed by atoms with E-state index < -0.39 is 0 Å². The van der Waals surface area contributed by atoms with Gasteiger partial charge in [0.25, 0.3) is 5.56 Å². The Hall–Kier alpha value is -2.15.